The normalized spacial score (nSPS) is 12.5. The van der Waals surface area contributed by atoms with Crippen molar-refractivity contribution in [3.8, 4) is 0 Å². The molecular formula is C25H21N3O3. The zero-order valence-corrected chi connectivity index (χ0v) is 16.9. The third kappa shape index (κ3) is 4.05. The summed E-state index contributed by atoms with van der Waals surface area (Å²) in [5.41, 5.74) is 6.16. The van der Waals surface area contributed by atoms with Gasteiger partial charge in [-0.25, -0.2) is 0 Å². The van der Waals surface area contributed by atoms with E-state index in [0.29, 0.717) is 16.9 Å². The van der Waals surface area contributed by atoms with Crippen LogP contribution in [0, 0.1) is 0 Å². The average molecular weight is 411 g/mol. The Kier molecular flexibility index (Phi) is 4.96. The van der Waals surface area contributed by atoms with Gasteiger partial charge in [-0.15, -0.1) is 0 Å². The maximum atomic E-state index is 12.7. The van der Waals surface area contributed by atoms with Crippen LogP contribution >= 0.6 is 0 Å². The van der Waals surface area contributed by atoms with Crippen molar-refractivity contribution >= 4 is 34.2 Å². The molecule has 2 N–H and O–H groups in total. The summed E-state index contributed by atoms with van der Waals surface area (Å²) in [4.78, 5) is 28.9. The molecule has 1 aliphatic rings. The van der Waals surface area contributed by atoms with Crippen LogP contribution in [0.1, 0.15) is 33.5 Å². The van der Waals surface area contributed by atoms with Crippen LogP contribution < -0.4 is 10.6 Å². The van der Waals surface area contributed by atoms with Crippen molar-refractivity contribution < 1.29 is 14.0 Å². The Morgan fingerprint density at radius 1 is 0.935 bits per heavy atom. The lowest BCUT2D eigenvalue weighted by Gasteiger charge is -2.09. The summed E-state index contributed by atoms with van der Waals surface area (Å²) in [6.07, 6.45) is 8.38. The SMILES string of the molecule is O=C(Cc1coc2cc3c(cc12)CCC3)Nc1cccc(NC(=O)c2ccncc2)c1. The third-order valence-corrected chi connectivity index (χ3v) is 5.57. The van der Waals surface area contributed by atoms with Gasteiger partial charge >= 0.3 is 0 Å². The highest BCUT2D eigenvalue weighted by molar-refractivity contribution is 6.04. The van der Waals surface area contributed by atoms with Gasteiger partial charge in [0.15, 0.2) is 0 Å². The van der Waals surface area contributed by atoms with Crippen LogP contribution in [0.25, 0.3) is 11.0 Å². The topological polar surface area (TPSA) is 84.2 Å². The highest BCUT2D eigenvalue weighted by atomic mass is 16.3. The number of aromatic nitrogens is 1. The second kappa shape index (κ2) is 8.07. The van der Waals surface area contributed by atoms with Gasteiger partial charge in [-0.3, -0.25) is 14.6 Å². The number of amides is 2. The molecule has 0 radical (unpaired) electrons. The van der Waals surface area contributed by atoms with E-state index in [2.05, 4.69) is 27.8 Å². The molecule has 2 amide bonds. The number of anilines is 2. The van der Waals surface area contributed by atoms with Crippen molar-refractivity contribution in [2.45, 2.75) is 25.7 Å². The zero-order valence-electron chi connectivity index (χ0n) is 16.9. The van der Waals surface area contributed by atoms with Gasteiger partial charge in [0.05, 0.1) is 12.7 Å². The smallest absolute Gasteiger partial charge is 0.255 e. The molecule has 0 spiro atoms. The molecule has 154 valence electrons. The van der Waals surface area contributed by atoms with E-state index < -0.39 is 0 Å². The van der Waals surface area contributed by atoms with Gasteiger partial charge in [-0.05, 0) is 72.9 Å². The minimum absolute atomic E-state index is 0.138. The van der Waals surface area contributed by atoms with E-state index in [1.54, 1.807) is 55.1 Å². The highest BCUT2D eigenvalue weighted by Gasteiger charge is 2.17. The molecule has 6 nitrogen and oxygen atoms in total. The first-order chi connectivity index (χ1) is 15.2. The van der Waals surface area contributed by atoms with E-state index in [1.807, 2.05) is 0 Å². The summed E-state index contributed by atoms with van der Waals surface area (Å²) in [5, 5.41) is 6.75. The zero-order chi connectivity index (χ0) is 21.2. The molecule has 31 heavy (non-hydrogen) atoms. The van der Waals surface area contributed by atoms with Crippen molar-refractivity contribution in [3.05, 3.63) is 89.4 Å². The number of carbonyl (C=O) groups excluding carboxylic acids is 2. The number of fused-ring (bicyclic) bond motifs is 2. The number of carbonyl (C=O) groups is 2. The van der Waals surface area contributed by atoms with Gasteiger partial charge < -0.3 is 15.1 Å². The van der Waals surface area contributed by atoms with Crippen LogP contribution in [0.3, 0.4) is 0 Å². The van der Waals surface area contributed by atoms with Crippen molar-refractivity contribution in [1.29, 1.82) is 0 Å². The molecule has 0 aliphatic heterocycles. The lowest BCUT2D eigenvalue weighted by Crippen LogP contribution is -2.15. The summed E-state index contributed by atoms with van der Waals surface area (Å²) in [7, 11) is 0. The highest BCUT2D eigenvalue weighted by Crippen LogP contribution is 2.30. The van der Waals surface area contributed by atoms with Gasteiger partial charge in [0, 0.05) is 40.3 Å². The van der Waals surface area contributed by atoms with Gasteiger partial charge in [0.2, 0.25) is 5.91 Å². The van der Waals surface area contributed by atoms with Gasteiger partial charge in [-0.2, -0.15) is 0 Å². The van der Waals surface area contributed by atoms with Crippen LogP contribution in [-0.2, 0) is 24.1 Å². The number of hydrogen-bond donors (Lipinski definition) is 2. The Morgan fingerprint density at radius 2 is 1.68 bits per heavy atom. The van der Waals surface area contributed by atoms with E-state index in [9.17, 15) is 9.59 Å². The minimum Gasteiger partial charge on any atom is -0.464 e. The summed E-state index contributed by atoms with van der Waals surface area (Å²) < 4.78 is 5.70. The molecule has 1 aliphatic carbocycles. The molecule has 2 aromatic heterocycles. The Balaban J connectivity index is 1.27. The molecule has 5 rings (SSSR count). The fraction of sp³-hybridized carbons (Fsp3) is 0.160. The fourth-order valence-corrected chi connectivity index (χ4v) is 4.04. The van der Waals surface area contributed by atoms with Crippen LogP contribution in [0.4, 0.5) is 11.4 Å². The van der Waals surface area contributed by atoms with Gasteiger partial charge in [-0.1, -0.05) is 6.07 Å². The molecule has 0 bridgehead atoms. The molecule has 0 fully saturated rings. The van der Waals surface area contributed by atoms with Crippen molar-refractivity contribution in [2.24, 2.45) is 0 Å². The number of nitrogens with zero attached hydrogens (tertiary/aromatic N) is 1. The van der Waals surface area contributed by atoms with Gasteiger partial charge in [0.1, 0.15) is 5.58 Å². The minimum atomic E-state index is -0.233. The molecule has 0 saturated carbocycles. The van der Waals surface area contributed by atoms with Crippen LogP contribution in [-0.4, -0.2) is 16.8 Å². The Bertz CT molecular complexity index is 1280. The van der Waals surface area contributed by atoms with E-state index in [1.165, 1.54) is 17.5 Å². The Labute approximate surface area is 179 Å². The number of pyridine rings is 1. The second-order valence-corrected chi connectivity index (χ2v) is 7.73. The van der Waals surface area contributed by atoms with Crippen molar-refractivity contribution in [1.82, 2.24) is 4.98 Å². The third-order valence-electron chi connectivity index (χ3n) is 5.57. The number of rotatable bonds is 5. The molecule has 0 saturated heterocycles. The molecular weight excluding hydrogens is 390 g/mol. The first kappa shape index (κ1) is 19.1. The van der Waals surface area contributed by atoms with Crippen LogP contribution in [0.15, 0.2) is 71.6 Å². The summed E-state index contributed by atoms with van der Waals surface area (Å²) in [5.74, 6) is -0.371. The van der Waals surface area contributed by atoms with Crippen LogP contribution in [0.2, 0.25) is 0 Å². The Morgan fingerprint density at radius 3 is 2.48 bits per heavy atom. The Hall–Kier alpha value is -3.93. The quantitative estimate of drug-likeness (QED) is 0.496. The number of furan rings is 1. The summed E-state index contributed by atoms with van der Waals surface area (Å²) >= 11 is 0. The summed E-state index contributed by atoms with van der Waals surface area (Å²) in [6, 6.07) is 14.6. The monoisotopic (exact) mass is 411 g/mol. The maximum Gasteiger partial charge on any atom is 0.255 e. The van der Waals surface area contributed by atoms with E-state index in [4.69, 9.17) is 4.42 Å². The lowest BCUT2D eigenvalue weighted by atomic mass is 10.0. The van der Waals surface area contributed by atoms with Crippen molar-refractivity contribution in [2.75, 3.05) is 10.6 Å². The fourth-order valence-electron chi connectivity index (χ4n) is 4.04. The predicted molar refractivity (Wildman–Crippen MR) is 119 cm³/mol. The van der Waals surface area contributed by atoms with Crippen LogP contribution in [0.5, 0.6) is 0 Å². The van der Waals surface area contributed by atoms with E-state index in [0.717, 1.165) is 29.4 Å². The first-order valence-electron chi connectivity index (χ1n) is 10.3. The van der Waals surface area contributed by atoms with Gasteiger partial charge in [0.25, 0.3) is 5.91 Å². The van der Waals surface area contributed by atoms with E-state index >= 15 is 0 Å². The van der Waals surface area contributed by atoms with Crippen molar-refractivity contribution in [3.63, 3.8) is 0 Å². The lowest BCUT2D eigenvalue weighted by molar-refractivity contribution is -0.115. The second-order valence-electron chi connectivity index (χ2n) is 7.73. The largest absolute Gasteiger partial charge is 0.464 e. The van der Waals surface area contributed by atoms with E-state index in [-0.39, 0.29) is 18.2 Å². The number of aryl methyl sites for hydroxylation is 2. The number of benzene rings is 2. The standard InChI is InChI=1S/C25H21N3O3/c29-24(13-19-15-31-23-12-18-4-1-3-17(18)11-22(19)23)27-20-5-2-6-21(14-20)28-25(30)16-7-9-26-10-8-16/h2,5-12,14-15H,1,3-4,13H2,(H,27,29)(H,28,30). The molecule has 2 aromatic carbocycles. The average Bonchev–Trinajstić information content (AvgIpc) is 3.39. The number of nitrogens with one attached hydrogen (secondary N) is 2. The predicted octanol–water partition coefficient (Wildman–Crippen LogP) is 4.75. The summed E-state index contributed by atoms with van der Waals surface area (Å²) in [6.45, 7) is 0. The first-order valence-corrected chi connectivity index (χ1v) is 10.3. The molecule has 4 aromatic rings. The molecule has 0 unspecified atom stereocenters. The maximum absolute atomic E-state index is 12.7. The molecule has 0 atom stereocenters. The molecule has 2 heterocycles. The number of hydrogen-bond acceptors (Lipinski definition) is 4. The molecule has 6 heteroatoms.